The zero-order chi connectivity index (χ0) is 19.6. The van der Waals surface area contributed by atoms with Crippen LogP contribution in [0.1, 0.15) is 24.0 Å². The maximum Gasteiger partial charge on any atom is 0.191 e. The van der Waals surface area contributed by atoms with Crippen LogP contribution in [-0.4, -0.2) is 40.5 Å². The van der Waals surface area contributed by atoms with Gasteiger partial charge >= 0.3 is 0 Å². The Balaban J connectivity index is 0.00000300. The summed E-state index contributed by atoms with van der Waals surface area (Å²) in [5.41, 5.74) is 3.21. The number of nitrogens with zero attached hydrogens (tertiary/aromatic N) is 3. The van der Waals surface area contributed by atoms with Crippen molar-refractivity contribution in [2.24, 2.45) is 4.99 Å². The molecule has 3 N–H and O–H groups in total. The summed E-state index contributed by atoms with van der Waals surface area (Å²) in [7, 11) is 0. The first-order valence-electron chi connectivity index (χ1n) is 9.57. The van der Waals surface area contributed by atoms with E-state index in [1.54, 1.807) is 6.20 Å². The molecular formula is C22H28IN5O. The summed E-state index contributed by atoms with van der Waals surface area (Å²) in [5.74, 6) is 0.744. The van der Waals surface area contributed by atoms with Gasteiger partial charge in [-0.3, -0.25) is 0 Å². The summed E-state index contributed by atoms with van der Waals surface area (Å²) >= 11 is 0. The number of para-hydroxylation sites is 1. The topological polar surface area (TPSA) is 74.5 Å². The minimum absolute atomic E-state index is 0. The standard InChI is InChI=1S/C22H27N5O.HI/c1-2-23-22(25-16-20(17-28)18-9-4-3-5-10-18)24-15-19-11-6-7-12-21(19)27-14-8-13-26-27;/h3-14,20,28H,2,15-17H2,1H3,(H2,23,24,25);1H. The van der Waals surface area contributed by atoms with E-state index in [9.17, 15) is 5.11 Å². The molecule has 7 heteroatoms. The first-order valence-corrected chi connectivity index (χ1v) is 9.57. The van der Waals surface area contributed by atoms with Crippen molar-refractivity contribution in [3.05, 3.63) is 84.2 Å². The molecule has 0 aliphatic rings. The second-order valence-corrected chi connectivity index (χ2v) is 6.45. The molecule has 6 nitrogen and oxygen atoms in total. The van der Waals surface area contributed by atoms with Crippen LogP contribution in [0.25, 0.3) is 5.69 Å². The van der Waals surface area contributed by atoms with Crippen LogP contribution in [0.4, 0.5) is 0 Å². The number of nitrogens with one attached hydrogen (secondary N) is 2. The van der Waals surface area contributed by atoms with Crippen LogP contribution in [0.2, 0.25) is 0 Å². The van der Waals surface area contributed by atoms with Gasteiger partial charge in [-0.1, -0.05) is 48.5 Å². The highest BCUT2D eigenvalue weighted by Gasteiger charge is 2.11. The van der Waals surface area contributed by atoms with E-state index in [2.05, 4.69) is 21.8 Å². The number of aliphatic hydroxyl groups is 1. The molecule has 1 atom stereocenters. The number of guanidine groups is 1. The van der Waals surface area contributed by atoms with Gasteiger partial charge in [-0.05, 0) is 30.2 Å². The van der Waals surface area contributed by atoms with Gasteiger partial charge in [0.15, 0.2) is 5.96 Å². The fraction of sp³-hybridized carbons (Fsp3) is 0.273. The van der Waals surface area contributed by atoms with Gasteiger partial charge in [0.2, 0.25) is 0 Å². The average molecular weight is 505 g/mol. The van der Waals surface area contributed by atoms with E-state index in [0.29, 0.717) is 13.1 Å². The Hall–Kier alpha value is -2.39. The van der Waals surface area contributed by atoms with Gasteiger partial charge in [0, 0.05) is 31.4 Å². The lowest BCUT2D eigenvalue weighted by atomic mass is 10.0. The van der Waals surface area contributed by atoms with Crippen molar-refractivity contribution in [1.29, 1.82) is 0 Å². The van der Waals surface area contributed by atoms with E-state index < -0.39 is 0 Å². The van der Waals surface area contributed by atoms with Crippen molar-refractivity contribution in [3.63, 3.8) is 0 Å². The molecule has 2 aromatic carbocycles. The molecule has 1 heterocycles. The highest BCUT2D eigenvalue weighted by molar-refractivity contribution is 14.0. The van der Waals surface area contributed by atoms with Crippen molar-refractivity contribution >= 4 is 29.9 Å². The van der Waals surface area contributed by atoms with Crippen LogP contribution in [-0.2, 0) is 6.54 Å². The Labute approximate surface area is 189 Å². The largest absolute Gasteiger partial charge is 0.396 e. The van der Waals surface area contributed by atoms with Crippen molar-refractivity contribution < 1.29 is 5.11 Å². The van der Waals surface area contributed by atoms with E-state index in [1.165, 1.54) is 0 Å². The van der Waals surface area contributed by atoms with E-state index in [1.807, 2.05) is 72.4 Å². The SMILES string of the molecule is CCNC(=NCc1ccccc1-n1cccn1)NCC(CO)c1ccccc1.I. The smallest absolute Gasteiger partial charge is 0.191 e. The fourth-order valence-corrected chi connectivity index (χ4v) is 3.02. The Bertz CT molecular complexity index is 868. The van der Waals surface area contributed by atoms with E-state index in [-0.39, 0.29) is 36.5 Å². The molecule has 0 spiro atoms. The summed E-state index contributed by atoms with van der Waals surface area (Å²) in [5, 5.41) is 20.7. The number of halogens is 1. The maximum absolute atomic E-state index is 9.76. The van der Waals surface area contributed by atoms with Crippen LogP contribution in [0.15, 0.2) is 78.0 Å². The molecule has 3 rings (SSSR count). The molecule has 0 aliphatic heterocycles. The van der Waals surface area contributed by atoms with E-state index in [4.69, 9.17) is 4.99 Å². The van der Waals surface area contributed by atoms with Gasteiger partial charge in [0.05, 0.1) is 18.8 Å². The number of benzene rings is 2. The molecule has 0 saturated carbocycles. The summed E-state index contributed by atoms with van der Waals surface area (Å²) in [6, 6.07) is 20.0. The predicted molar refractivity (Wildman–Crippen MR) is 128 cm³/mol. The second-order valence-electron chi connectivity index (χ2n) is 6.45. The first kappa shape index (κ1) is 22.9. The third kappa shape index (κ3) is 6.57. The zero-order valence-corrected chi connectivity index (χ0v) is 18.9. The monoisotopic (exact) mass is 505 g/mol. The summed E-state index contributed by atoms with van der Waals surface area (Å²) in [4.78, 5) is 4.73. The van der Waals surface area contributed by atoms with Gasteiger partial charge in [-0.2, -0.15) is 5.10 Å². The number of aliphatic imine (C=N–C) groups is 1. The second kappa shape index (κ2) is 12.2. The molecular weight excluding hydrogens is 477 g/mol. The summed E-state index contributed by atoms with van der Waals surface area (Å²) in [6.45, 7) is 4.02. The minimum Gasteiger partial charge on any atom is -0.396 e. The molecule has 0 radical (unpaired) electrons. The van der Waals surface area contributed by atoms with E-state index in [0.717, 1.165) is 29.3 Å². The fourth-order valence-electron chi connectivity index (χ4n) is 3.02. The maximum atomic E-state index is 9.76. The van der Waals surface area contributed by atoms with Gasteiger partial charge in [0.25, 0.3) is 0 Å². The lowest BCUT2D eigenvalue weighted by Crippen LogP contribution is -2.40. The molecule has 3 aromatic rings. The lowest BCUT2D eigenvalue weighted by Gasteiger charge is -2.18. The van der Waals surface area contributed by atoms with Crippen molar-refractivity contribution in [2.75, 3.05) is 19.7 Å². The van der Waals surface area contributed by atoms with Crippen molar-refractivity contribution in [2.45, 2.75) is 19.4 Å². The Morgan fingerprint density at radius 2 is 1.83 bits per heavy atom. The zero-order valence-electron chi connectivity index (χ0n) is 16.5. The molecule has 0 saturated heterocycles. The molecule has 0 fully saturated rings. The quantitative estimate of drug-likeness (QED) is 0.250. The van der Waals surface area contributed by atoms with Crippen molar-refractivity contribution in [3.8, 4) is 5.69 Å². The number of aromatic nitrogens is 2. The lowest BCUT2D eigenvalue weighted by molar-refractivity contribution is 0.265. The van der Waals surface area contributed by atoms with Crippen LogP contribution < -0.4 is 10.6 Å². The van der Waals surface area contributed by atoms with Crippen LogP contribution >= 0.6 is 24.0 Å². The molecule has 29 heavy (non-hydrogen) atoms. The molecule has 0 aliphatic carbocycles. The highest BCUT2D eigenvalue weighted by Crippen LogP contribution is 2.15. The average Bonchev–Trinajstić information content (AvgIpc) is 3.28. The van der Waals surface area contributed by atoms with Gasteiger partial charge in [0.1, 0.15) is 0 Å². The Morgan fingerprint density at radius 3 is 2.52 bits per heavy atom. The molecule has 0 bridgehead atoms. The summed E-state index contributed by atoms with van der Waals surface area (Å²) in [6.07, 6.45) is 3.70. The van der Waals surface area contributed by atoms with Crippen LogP contribution in [0, 0.1) is 0 Å². The van der Waals surface area contributed by atoms with Gasteiger partial charge in [-0.15, -0.1) is 24.0 Å². The molecule has 0 amide bonds. The number of aliphatic hydroxyl groups excluding tert-OH is 1. The third-order valence-corrected chi connectivity index (χ3v) is 4.50. The predicted octanol–water partition coefficient (Wildman–Crippen LogP) is 3.32. The molecule has 1 aromatic heterocycles. The van der Waals surface area contributed by atoms with Gasteiger partial charge < -0.3 is 15.7 Å². The number of hydrogen-bond donors (Lipinski definition) is 3. The summed E-state index contributed by atoms with van der Waals surface area (Å²) < 4.78 is 1.85. The Morgan fingerprint density at radius 1 is 1.07 bits per heavy atom. The van der Waals surface area contributed by atoms with Gasteiger partial charge in [-0.25, -0.2) is 9.67 Å². The highest BCUT2D eigenvalue weighted by atomic mass is 127. The van der Waals surface area contributed by atoms with Crippen LogP contribution in [0.3, 0.4) is 0 Å². The van der Waals surface area contributed by atoms with Crippen molar-refractivity contribution in [1.82, 2.24) is 20.4 Å². The molecule has 1 unspecified atom stereocenters. The van der Waals surface area contributed by atoms with E-state index >= 15 is 0 Å². The first-order chi connectivity index (χ1) is 13.8. The molecule has 154 valence electrons. The Kier molecular flexibility index (Phi) is 9.66. The number of rotatable bonds is 8. The third-order valence-electron chi connectivity index (χ3n) is 4.50. The minimum atomic E-state index is 0. The number of hydrogen-bond acceptors (Lipinski definition) is 3. The normalized spacial score (nSPS) is 12.1. The van der Waals surface area contributed by atoms with Crippen LogP contribution in [0.5, 0.6) is 0 Å².